The number of nitrogens with one attached hydrogen (secondary N) is 2. The van der Waals surface area contributed by atoms with E-state index in [9.17, 15) is 24.0 Å². The molecule has 0 radical (unpaired) electrons. The molecule has 4 saturated heterocycles. The predicted octanol–water partition coefficient (Wildman–Crippen LogP) is 4.00. The SMILES string of the molecule is Nc1nccn2c(N3CCC4(CC3)CN([C@H]3CCN(c5ccc6c(c5)C(=O)N(C5CCC(=O)NC5=O)C6=O)C3)C4)nc(-c3ccc(C(=O)Nc4cc(Cl)ccn4)cc3F)c12. The second-order valence-electron chi connectivity index (χ2n) is 16.3. The second kappa shape index (κ2) is 14.4. The number of benzene rings is 2. The predicted molar refractivity (Wildman–Crippen MR) is 219 cm³/mol. The standard InChI is InChI=1S/C42H39ClFN11O5/c43-24-7-11-46-32(18-24)48-37(57)23-1-3-28(30(44)17-23)34-35-36(45)47-12-16-54(35)41(50-34)51-14-9-42(10-15-51)21-53(22-42)26-8-13-52(20-26)25-2-4-27-29(19-25)40(60)55(39(27)59)31-5-6-33(56)49-38(31)58/h1-4,7,11-12,16-19,26,31H,5-6,8-10,13-15,20-22H2,(H2,45,47)(H,46,48,57)(H,49,56,58)/t26-,31?/m0/s1. The maximum Gasteiger partial charge on any atom is 0.262 e. The highest BCUT2D eigenvalue weighted by molar-refractivity contribution is 6.30. The molecule has 0 aliphatic carbocycles. The molecule has 5 aliphatic rings. The van der Waals surface area contributed by atoms with Crippen LogP contribution >= 0.6 is 11.6 Å². The van der Waals surface area contributed by atoms with E-state index in [4.69, 9.17) is 22.3 Å². The van der Waals surface area contributed by atoms with Crippen LogP contribution < -0.4 is 26.2 Å². The van der Waals surface area contributed by atoms with Gasteiger partial charge in [-0.3, -0.25) is 43.5 Å². The molecule has 5 aliphatic heterocycles. The summed E-state index contributed by atoms with van der Waals surface area (Å²) < 4.78 is 17.7. The molecule has 8 heterocycles. The van der Waals surface area contributed by atoms with Crippen molar-refractivity contribution >= 4 is 69.9 Å². The molecule has 5 aromatic rings. The Morgan fingerprint density at radius 3 is 2.45 bits per heavy atom. The van der Waals surface area contributed by atoms with Gasteiger partial charge in [-0.15, -0.1) is 0 Å². The number of hydrogen-bond acceptors (Lipinski definition) is 12. The van der Waals surface area contributed by atoms with E-state index in [1.54, 1.807) is 30.6 Å². The summed E-state index contributed by atoms with van der Waals surface area (Å²) in [5, 5.41) is 5.28. The fraction of sp³-hybridized carbons (Fsp3) is 0.333. The molecule has 0 bridgehead atoms. The number of piperidine rings is 2. The lowest BCUT2D eigenvalue weighted by atomic mass is 9.71. The van der Waals surface area contributed by atoms with Gasteiger partial charge in [0.2, 0.25) is 17.8 Å². The number of halogens is 2. The number of anilines is 4. The Bertz CT molecular complexity index is 2660. The lowest BCUT2D eigenvalue weighted by molar-refractivity contribution is -0.136. The average molecular weight is 832 g/mol. The molecule has 10 rings (SSSR count). The molecule has 306 valence electrons. The van der Waals surface area contributed by atoms with E-state index in [0.29, 0.717) is 28.2 Å². The first-order valence-corrected chi connectivity index (χ1v) is 20.3. The molecular formula is C42H39ClFN11O5. The maximum atomic E-state index is 15.8. The molecule has 2 atom stereocenters. The van der Waals surface area contributed by atoms with Gasteiger partial charge in [-0.05, 0) is 79.6 Å². The van der Waals surface area contributed by atoms with Crippen molar-refractivity contribution in [2.75, 3.05) is 60.1 Å². The van der Waals surface area contributed by atoms with Crippen LogP contribution in [0, 0.1) is 11.2 Å². The smallest absolute Gasteiger partial charge is 0.262 e. The minimum absolute atomic E-state index is 0.0742. The van der Waals surface area contributed by atoms with Gasteiger partial charge in [0.15, 0.2) is 0 Å². The summed E-state index contributed by atoms with van der Waals surface area (Å²) in [5.74, 6) is -2.11. The van der Waals surface area contributed by atoms with Gasteiger partial charge in [0.1, 0.15) is 34.7 Å². The van der Waals surface area contributed by atoms with E-state index in [-0.39, 0.29) is 52.1 Å². The molecule has 4 fully saturated rings. The van der Waals surface area contributed by atoms with Crippen LogP contribution in [-0.4, -0.2) is 110 Å². The summed E-state index contributed by atoms with van der Waals surface area (Å²) in [7, 11) is 0. The Balaban J connectivity index is 0.783. The zero-order chi connectivity index (χ0) is 41.4. The molecule has 1 unspecified atom stereocenters. The molecule has 16 nitrogen and oxygen atoms in total. The third kappa shape index (κ3) is 6.39. The number of likely N-dealkylation sites (tertiary alicyclic amines) is 1. The van der Waals surface area contributed by atoms with Gasteiger partial charge in [0.05, 0.1) is 11.1 Å². The number of rotatable bonds is 7. The van der Waals surface area contributed by atoms with Crippen molar-refractivity contribution in [1.29, 1.82) is 0 Å². The molecule has 4 N–H and O–H groups in total. The Labute approximate surface area is 347 Å². The van der Waals surface area contributed by atoms with Crippen molar-refractivity contribution in [2.24, 2.45) is 5.41 Å². The van der Waals surface area contributed by atoms with Crippen molar-refractivity contribution in [1.82, 2.24) is 34.5 Å². The number of nitrogens with zero attached hydrogens (tertiary/aromatic N) is 8. The quantitative estimate of drug-likeness (QED) is 0.200. The van der Waals surface area contributed by atoms with Crippen molar-refractivity contribution in [3.05, 3.63) is 94.7 Å². The average Bonchev–Trinajstić information content (AvgIpc) is 3.93. The third-order valence-electron chi connectivity index (χ3n) is 12.7. The van der Waals surface area contributed by atoms with E-state index >= 15 is 4.39 Å². The van der Waals surface area contributed by atoms with Gasteiger partial charge >= 0.3 is 0 Å². The minimum atomic E-state index is -0.997. The largest absolute Gasteiger partial charge is 0.382 e. The van der Waals surface area contributed by atoms with Crippen LogP contribution in [0.5, 0.6) is 0 Å². The number of amides is 5. The number of carbonyl (C=O) groups is 5. The van der Waals surface area contributed by atoms with Gasteiger partial charge in [-0.1, -0.05) is 11.6 Å². The summed E-state index contributed by atoms with van der Waals surface area (Å²) >= 11 is 6.01. The zero-order valence-electron chi connectivity index (χ0n) is 32.2. The van der Waals surface area contributed by atoms with Gasteiger partial charge in [0.25, 0.3) is 17.7 Å². The first-order chi connectivity index (χ1) is 28.9. The van der Waals surface area contributed by atoms with Crippen LogP contribution in [0.3, 0.4) is 0 Å². The summed E-state index contributed by atoms with van der Waals surface area (Å²) in [5.41, 5.74) is 9.09. The molecule has 18 heteroatoms. The molecule has 3 aromatic heterocycles. The lowest BCUT2D eigenvalue weighted by Gasteiger charge is -2.56. The normalized spacial score (nSPS) is 21.5. The summed E-state index contributed by atoms with van der Waals surface area (Å²) in [6.07, 6.45) is 7.91. The van der Waals surface area contributed by atoms with Gasteiger partial charge in [-0.2, -0.15) is 0 Å². The Morgan fingerprint density at radius 2 is 1.68 bits per heavy atom. The van der Waals surface area contributed by atoms with Crippen LogP contribution in [0.2, 0.25) is 5.02 Å². The second-order valence-corrected chi connectivity index (χ2v) is 16.7. The zero-order valence-corrected chi connectivity index (χ0v) is 33.0. The highest BCUT2D eigenvalue weighted by Gasteiger charge is 2.49. The highest BCUT2D eigenvalue weighted by atomic mass is 35.5. The number of imide groups is 2. The molecular weight excluding hydrogens is 793 g/mol. The number of pyridine rings is 1. The first-order valence-electron chi connectivity index (χ1n) is 19.9. The summed E-state index contributed by atoms with van der Waals surface area (Å²) in [6.45, 7) is 5.05. The molecule has 60 heavy (non-hydrogen) atoms. The Kier molecular flexibility index (Phi) is 9.05. The Morgan fingerprint density at radius 1 is 0.900 bits per heavy atom. The van der Waals surface area contributed by atoms with Gasteiger partial charge < -0.3 is 20.9 Å². The van der Waals surface area contributed by atoms with Crippen molar-refractivity contribution in [3.63, 3.8) is 0 Å². The first kappa shape index (κ1) is 37.8. The number of carbonyl (C=O) groups excluding carboxylic acids is 5. The van der Waals surface area contributed by atoms with Crippen LogP contribution in [-0.2, 0) is 9.59 Å². The van der Waals surface area contributed by atoms with E-state index in [1.165, 1.54) is 24.4 Å². The molecule has 5 amide bonds. The van der Waals surface area contributed by atoms with Crippen LogP contribution in [0.1, 0.15) is 63.2 Å². The minimum Gasteiger partial charge on any atom is -0.382 e. The topological polar surface area (TPSA) is 191 Å². The number of hydrogen-bond donors (Lipinski definition) is 3. The van der Waals surface area contributed by atoms with Crippen molar-refractivity contribution < 1.29 is 28.4 Å². The summed E-state index contributed by atoms with van der Waals surface area (Å²) in [6, 6.07) is 11.9. The lowest BCUT2D eigenvalue weighted by Crippen LogP contribution is -2.63. The van der Waals surface area contributed by atoms with E-state index < -0.39 is 41.4 Å². The van der Waals surface area contributed by atoms with Crippen LogP contribution in [0.15, 0.2) is 67.1 Å². The Hall–Kier alpha value is -6.46. The number of aromatic nitrogens is 4. The fourth-order valence-electron chi connectivity index (χ4n) is 9.47. The number of fused-ring (bicyclic) bond motifs is 2. The summed E-state index contributed by atoms with van der Waals surface area (Å²) in [4.78, 5) is 85.0. The van der Waals surface area contributed by atoms with Gasteiger partial charge in [0, 0.05) is 92.2 Å². The van der Waals surface area contributed by atoms with E-state index in [1.807, 2.05) is 10.5 Å². The number of nitrogens with two attached hydrogens (primary N) is 1. The van der Waals surface area contributed by atoms with Crippen LogP contribution in [0.4, 0.5) is 27.7 Å². The number of nitrogen functional groups attached to an aromatic ring is 1. The molecule has 2 aromatic carbocycles. The van der Waals surface area contributed by atoms with Crippen molar-refractivity contribution in [3.8, 4) is 11.3 Å². The number of imidazole rings is 1. The molecule has 1 spiro atoms. The monoisotopic (exact) mass is 831 g/mol. The van der Waals surface area contributed by atoms with Crippen molar-refractivity contribution in [2.45, 2.75) is 44.2 Å². The third-order valence-corrected chi connectivity index (χ3v) is 12.9. The van der Waals surface area contributed by atoms with E-state index in [2.05, 4.69) is 35.3 Å². The van der Waals surface area contributed by atoms with E-state index in [0.717, 1.165) is 75.2 Å². The maximum absolute atomic E-state index is 15.8. The van der Waals surface area contributed by atoms with Crippen LogP contribution in [0.25, 0.3) is 16.8 Å². The highest BCUT2D eigenvalue weighted by Crippen LogP contribution is 2.44. The van der Waals surface area contributed by atoms with Gasteiger partial charge in [-0.25, -0.2) is 19.3 Å². The fourth-order valence-corrected chi connectivity index (χ4v) is 9.63. The molecule has 0 saturated carbocycles.